The van der Waals surface area contributed by atoms with Gasteiger partial charge in [0, 0.05) is 13.0 Å². The van der Waals surface area contributed by atoms with Crippen molar-refractivity contribution in [3.8, 4) is 0 Å². The second-order valence-corrected chi connectivity index (χ2v) is 3.55. The first kappa shape index (κ1) is 7.11. The SMILES string of the molecule is C=C[C@]1(OC)C[C@H]2C=C[C@@H]1C2. The molecule has 3 atom stereocenters. The first-order valence-electron chi connectivity index (χ1n) is 4.18. The van der Waals surface area contributed by atoms with E-state index < -0.39 is 0 Å². The van der Waals surface area contributed by atoms with Gasteiger partial charge >= 0.3 is 0 Å². The summed E-state index contributed by atoms with van der Waals surface area (Å²) < 4.78 is 5.51. The molecule has 1 fully saturated rings. The maximum Gasteiger partial charge on any atom is 0.0924 e. The van der Waals surface area contributed by atoms with Crippen LogP contribution in [-0.2, 0) is 4.74 Å². The lowest BCUT2D eigenvalue weighted by molar-refractivity contribution is 0.0115. The summed E-state index contributed by atoms with van der Waals surface area (Å²) in [6, 6.07) is 0. The molecule has 2 bridgehead atoms. The van der Waals surface area contributed by atoms with Gasteiger partial charge in [-0.3, -0.25) is 0 Å². The van der Waals surface area contributed by atoms with Gasteiger partial charge in [-0.05, 0) is 18.8 Å². The molecule has 0 aromatic rings. The first-order chi connectivity index (χ1) is 5.30. The molecule has 0 amide bonds. The Morgan fingerprint density at radius 2 is 2.45 bits per heavy atom. The van der Waals surface area contributed by atoms with Crippen LogP contribution in [0.2, 0.25) is 0 Å². The van der Waals surface area contributed by atoms with Gasteiger partial charge in [-0.25, -0.2) is 0 Å². The summed E-state index contributed by atoms with van der Waals surface area (Å²) in [4.78, 5) is 0. The molecular formula is C10H14O. The van der Waals surface area contributed by atoms with Gasteiger partial charge in [0.05, 0.1) is 5.60 Å². The molecule has 1 saturated carbocycles. The van der Waals surface area contributed by atoms with Crippen LogP contribution in [0.1, 0.15) is 12.8 Å². The average Bonchev–Trinajstić information content (AvgIpc) is 2.62. The van der Waals surface area contributed by atoms with Crippen molar-refractivity contribution >= 4 is 0 Å². The fourth-order valence-corrected chi connectivity index (χ4v) is 2.40. The number of methoxy groups -OCH3 is 1. The fraction of sp³-hybridized carbons (Fsp3) is 0.600. The maximum atomic E-state index is 5.51. The highest BCUT2D eigenvalue weighted by molar-refractivity contribution is 5.22. The van der Waals surface area contributed by atoms with Crippen LogP contribution in [0.5, 0.6) is 0 Å². The summed E-state index contributed by atoms with van der Waals surface area (Å²) in [7, 11) is 1.79. The minimum Gasteiger partial charge on any atom is -0.374 e. The van der Waals surface area contributed by atoms with Gasteiger partial charge in [0.15, 0.2) is 0 Å². The van der Waals surface area contributed by atoms with Crippen molar-refractivity contribution in [3.63, 3.8) is 0 Å². The summed E-state index contributed by atoms with van der Waals surface area (Å²) in [5, 5.41) is 0. The molecule has 0 unspecified atom stereocenters. The number of allylic oxidation sites excluding steroid dienone is 1. The van der Waals surface area contributed by atoms with E-state index in [9.17, 15) is 0 Å². The van der Waals surface area contributed by atoms with E-state index in [4.69, 9.17) is 4.74 Å². The van der Waals surface area contributed by atoms with Crippen LogP contribution in [0.15, 0.2) is 24.8 Å². The highest BCUT2D eigenvalue weighted by Gasteiger charge is 2.46. The summed E-state index contributed by atoms with van der Waals surface area (Å²) >= 11 is 0. The fourth-order valence-electron chi connectivity index (χ4n) is 2.40. The zero-order valence-electron chi connectivity index (χ0n) is 6.92. The smallest absolute Gasteiger partial charge is 0.0924 e. The molecule has 0 aliphatic heterocycles. The highest BCUT2D eigenvalue weighted by atomic mass is 16.5. The molecule has 1 nitrogen and oxygen atoms in total. The lowest BCUT2D eigenvalue weighted by Gasteiger charge is -2.30. The molecule has 0 aromatic heterocycles. The lowest BCUT2D eigenvalue weighted by Crippen LogP contribution is -2.33. The second-order valence-electron chi connectivity index (χ2n) is 3.55. The number of hydrogen-bond acceptors (Lipinski definition) is 1. The third-order valence-corrected chi connectivity index (χ3v) is 3.11. The van der Waals surface area contributed by atoms with E-state index >= 15 is 0 Å². The van der Waals surface area contributed by atoms with Gasteiger partial charge < -0.3 is 4.74 Å². The van der Waals surface area contributed by atoms with Crippen molar-refractivity contribution in [1.29, 1.82) is 0 Å². The molecule has 0 spiro atoms. The second kappa shape index (κ2) is 2.21. The van der Waals surface area contributed by atoms with Crippen molar-refractivity contribution < 1.29 is 4.74 Å². The Morgan fingerprint density at radius 1 is 1.64 bits per heavy atom. The van der Waals surface area contributed by atoms with Crippen molar-refractivity contribution in [3.05, 3.63) is 24.8 Å². The summed E-state index contributed by atoms with van der Waals surface area (Å²) in [5.41, 5.74) is -0.0284. The number of fused-ring (bicyclic) bond motifs is 2. The molecule has 60 valence electrons. The van der Waals surface area contributed by atoms with E-state index in [0.29, 0.717) is 5.92 Å². The van der Waals surface area contributed by atoms with Crippen LogP contribution < -0.4 is 0 Å². The monoisotopic (exact) mass is 150 g/mol. The van der Waals surface area contributed by atoms with Gasteiger partial charge in [0.25, 0.3) is 0 Å². The molecule has 2 aliphatic carbocycles. The Balaban J connectivity index is 2.28. The highest BCUT2D eigenvalue weighted by Crippen LogP contribution is 2.48. The van der Waals surface area contributed by atoms with Crippen LogP contribution in [-0.4, -0.2) is 12.7 Å². The van der Waals surface area contributed by atoms with Crippen molar-refractivity contribution in [1.82, 2.24) is 0 Å². The van der Waals surface area contributed by atoms with E-state index in [1.807, 2.05) is 6.08 Å². The van der Waals surface area contributed by atoms with Gasteiger partial charge in [0.2, 0.25) is 0 Å². The molecule has 0 aromatic carbocycles. The van der Waals surface area contributed by atoms with Crippen LogP contribution >= 0.6 is 0 Å². The van der Waals surface area contributed by atoms with Crippen LogP contribution in [0.3, 0.4) is 0 Å². The predicted octanol–water partition coefficient (Wildman–Crippen LogP) is 2.15. The van der Waals surface area contributed by atoms with E-state index in [2.05, 4.69) is 18.7 Å². The lowest BCUT2D eigenvalue weighted by atomic mass is 9.88. The number of rotatable bonds is 2. The minimum absolute atomic E-state index is 0.0284. The van der Waals surface area contributed by atoms with Crippen LogP contribution in [0, 0.1) is 11.8 Å². The zero-order valence-corrected chi connectivity index (χ0v) is 6.92. The van der Waals surface area contributed by atoms with Crippen molar-refractivity contribution in [2.45, 2.75) is 18.4 Å². The molecule has 2 rings (SSSR count). The minimum atomic E-state index is -0.0284. The molecule has 11 heavy (non-hydrogen) atoms. The van der Waals surface area contributed by atoms with E-state index in [-0.39, 0.29) is 5.60 Å². The maximum absolute atomic E-state index is 5.51. The Hall–Kier alpha value is -0.560. The summed E-state index contributed by atoms with van der Waals surface area (Å²) in [6.45, 7) is 3.85. The van der Waals surface area contributed by atoms with E-state index in [1.54, 1.807) is 7.11 Å². The first-order valence-corrected chi connectivity index (χ1v) is 4.18. The van der Waals surface area contributed by atoms with Crippen LogP contribution in [0.4, 0.5) is 0 Å². The zero-order chi connectivity index (χ0) is 7.90. The van der Waals surface area contributed by atoms with Crippen LogP contribution in [0.25, 0.3) is 0 Å². The normalized spacial score (nSPS) is 46.6. The predicted molar refractivity (Wildman–Crippen MR) is 45.3 cm³/mol. The molecule has 0 heterocycles. The van der Waals surface area contributed by atoms with Gasteiger partial charge in [0.1, 0.15) is 0 Å². The van der Waals surface area contributed by atoms with Gasteiger partial charge in [-0.1, -0.05) is 18.2 Å². The van der Waals surface area contributed by atoms with E-state index in [0.717, 1.165) is 12.3 Å². The third kappa shape index (κ3) is 0.807. The van der Waals surface area contributed by atoms with Gasteiger partial charge in [-0.2, -0.15) is 0 Å². The third-order valence-electron chi connectivity index (χ3n) is 3.11. The molecule has 0 N–H and O–H groups in total. The van der Waals surface area contributed by atoms with E-state index in [1.165, 1.54) is 6.42 Å². The Labute approximate surface area is 67.7 Å². The Morgan fingerprint density at radius 3 is 2.73 bits per heavy atom. The molecule has 1 heteroatoms. The Bertz CT molecular complexity index is 207. The standard InChI is InChI=1S/C10H14O/c1-3-10(11-2)7-8-4-5-9(10)6-8/h3-5,8-9H,1,6-7H2,2H3/t8-,9+,10-/m0/s1. The van der Waals surface area contributed by atoms with Crippen molar-refractivity contribution in [2.24, 2.45) is 11.8 Å². The Kier molecular flexibility index (Phi) is 1.43. The molecule has 0 saturated heterocycles. The number of hydrogen-bond donors (Lipinski definition) is 0. The quantitative estimate of drug-likeness (QED) is 0.548. The topological polar surface area (TPSA) is 9.23 Å². The number of ether oxygens (including phenoxy) is 1. The summed E-state index contributed by atoms with van der Waals surface area (Å²) in [6.07, 6.45) is 8.96. The van der Waals surface area contributed by atoms with Crippen molar-refractivity contribution in [2.75, 3.05) is 7.11 Å². The largest absolute Gasteiger partial charge is 0.374 e. The molecule has 0 radical (unpaired) electrons. The average molecular weight is 150 g/mol. The van der Waals surface area contributed by atoms with Gasteiger partial charge in [-0.15, -0.1) is 6.58 Å². The summed E-state index contributed by atoms with van der Waals surface area (Å²) in [5.74, 6) is 1.34. The molecular weight excluding hydrogens is 136 g/mol. The molecule has 2 aliphatic rings.